The molecule has 0 saturated carbocycles. The van der Waals surface area contributed by atoms with Crippen LogP contribution in [0.1, 0.15) is 136 Å². The van der Waals surface area contributed by atoms with Crippen LogP contribution in [0.3, 0.4) is 0 Å². The molecule has 22 nitrogen and oxygen atoms in total. The van der Waals surface area contributed by atoms with Gasteiger partial charge in [-0.15, -0.1) is 5.10 Å². The van der Waals surface area contributed by atoms with E-state index in [2.05, 4.69) is 15.3 Å². The summed E-state index contributed by atoms with van der Waals surface area (Å²) in [5, 5.41) is 44.8. The largest absolute Gasteiger partial charge is 0.493 e. The van der Waals surface area contributed by atoms with E-state index >= 15 is 0 Å². The van der Waals surface area contributed by atoms with Gasteiger partial charge in [0.05, 0.1) is 88.0 Å². The van der Waals surface area contributed by atoms with Crippen LogP contribution in [0.5, 0.6) is 28.7 Å². The smallest absolute Gasteiger partial charge is 0.337 e. The van der Waals surface area contributed by atoms with Gasteiger partial charge in [-0.3, -0.25) is 24.7 Å². The number of aromatic nitrogens is 8. The topological polar surface area (TPSA) is 280 Å². The maximum atomic E-state index is 13.6. The Balaban J connectivity index is 0.000000134. The standard InChI is InChI=1S/C40H36N2O6.C28H26N4O4.C27H26N2O4/c1-24-22-31-29(15-17-33(43)42(31)23-25-10-12-28(13-11-25)47-27-8-6-5-7-9-27)36(34(24)38(39(44)45)48-40(2,3)4)30-14-16-32-35-26(19-21-46-32)18-20-41-37(30)35;1-15-13-20-18(6-5-17-14-30-31-32(17)20)24(22(15)26(27(33)34)36-28(2,3)4)19-7-8-21-23-16(10-12-35-21)9-11-29-25(19)23;1-15-14-19-17(6-5-11-28-19)23(21(15)25(26(30)31)33-27(2,3)4)18-7-8-20-22-16(10-13-32-20)9-12-29-24(18)22/h5-18,20,22,38H,19,21,23H2,1-4H3,(H,44,45);5-9,11,13-14,26H,10,12H2,1-4H3,(H,33,34);5-9,11-12,14,25H,10,13H2,1-4H3,(H,30,31)/t38-;26-;25-/m000/s1. The fraction of sp³-hybridized carbons (Fsp3) is 0.263. The third-order valence-corrected chi connectivity index (χ3v) is 21.1. The molecule has 0 fully saturated rings. The highest BCUT2D eigenvalue weighted by atomic mass is 16.5. The van der Waals surface area contributed by atoms with Crippen LogP contribution in [-0.4, -0.2) is 109 Å². The lowest BCUT2D eigenvalue weighted by Gasteiger charge is -2.29. The summed E-state index contributed by atoms with van der Waals surface area (Å²) in [5.41, 5.74) is 16.3. The maximum absolute atomic E-state index is 13.6. The summed E-state index contributed by atoms with van der Waals surface area (Å²) in [4.78, 5) is 70.5. The Morgan fingerprint density at radius 3 is 1.34 bits per heavy atom. The SMILES string of the molecule is Cc1cc2c(ccc(=O)n2Cc2ccc(Oc3ccccc3)cc2)c(-c2ccc3c4c(ccnc24)CCO3)c1[C@H](OC(C)(C)C)C(=O)O.Cc1cc2c(ccc3cnnn32)c(-c2ccc3c4c(ccnc24)CCO3)c1[C@H](OC(C)(C)C)C(=O)O.Cc1cc2ncccc2c(-c2ccc3c4c(ccnc24)CCO3)c1[C@H](OC(C)(C)C)C(=O)O. The third kappa shape index (κ3) is 15.3. The monoisotopic (exact) mass is 1560 g/mol. The molecule has 3 atom stereocenters. The zero-order valence-electron chi connectivity index (χ0n) is 67.1. The number of pyridine rings is 6. The van der Waals surface area contributed by atoms with Crippen molar-refractivity contribution >= 4 is 88.8 Å². The summed E-state index contributed by atoms with van der Waals surface area (Å²) in [6, 6.07) is 51.9. The number of hydrogen-bond donors (Lipinski definition) is 3. The quantitative estimate of drug-likeness (QED) is 0.0810. The van der Waals surface area contributed by atoms with Gasteiger partial charge in [-0.25, -0.2) is 18.9 Å². The number of carbonyl (C=O) groups is 3. The van der Waals surface area contributed by atoms with Gasteiger partial charge in [0.1, 0.15) is 28.7 Å². The predicted molar refractivity (Wildman–Crippen MR) is 450 cm³/mol. The first-order valence-electron chi connectivity index (χ1n) is 39.0. The van der Waals surface area contributed by atoms with Gasteiger partial charge in [-0.05, 0) is 260 Å². The van der Waals surface area contributed by atoms with Crippen LogP contribution in [0.2, 0.25) is 0 Å². The zero-order valence-corrected chi connectivity index (χ0v) is 67.1. The average molecular weight is 1570 g/mol. The van der Waals surface area contributed by atoms with Crippen molar-refractivity contribution in [3.05, 3.63) is 261 Å². The number of rotatable bonds is 16. The van der Waals surface area contributed by atoms with Crippen LogP contribution >= 0.6 is 0 Å². The summed E-state index contributed by atoms with van der Waals surface area (Å²) >= 11 is 0. The van der Waals surface area contributed by atoms with Crippen molar-refractivity contribution < 1.29 is 62.9 Å². The molecule has 3 aliphatic rings. The Bertz CT molecular complexity index is 6530. The van der Waals surface area contributed by atoms with Gasteiger partial charge in [0.25, 0.3) is 5.56 Å². The van der Waals surface area contributed by atoms with E-state index in [1.165, 1.54) is 11.1 Å². The number of fused-ring (bicyclic) bond motifs is 5. The van der Waals surface area contributed by atoms with Gasteiger partial charge in [0.15, 0.2) is 18.3 Å². The summed E-state index contributed by atoms with van der Waals surface area (Å²) in [7, 11) is 0. The highest BCUT2D eigenvalue weighted by Gasteiger charge is 2.38. The Morgan fingerprint density at radius 2 is 0.880 bits per heavy atom. The first-order chi connectivity index (χ1) is 56.0. The van der Waals surface area contributed by atoms with E-state index in [0.717, 1.165) is 152 Å². The first-order valence-corrected chi connectivity index (χ1v) is 39.0. The lowest BCUT2D eigenvalue weighted by atomic mass is 9.86. The molecule has 117 heavy (non-hydrogen) atoms. The van der Waals surface area contributed by atoms with Crippen LogP contribution in [0.4, 0.5) is 0 Å². The molecule has 0 saturated heterocycles. The highest BCUT2D eigenvalue weighted by Crippen LogP contribution is 2.50. The molecular formula is C95H88N8O14. The van der Waals surface area contributed by atoms with Crippen molar-refractivity contribution in [3.8, 4) is 62.1 Å². The Labute approximate surface area is 674 Å². The van der Waals surface area contributed by atoms with Crippen molar-refractivity contribution in [1.82, 2.24) is 39.3 Å². The van der Waals surface area contributed by atoms with Gasteiger partial charge in [0.2, 0.25) is 0 Å². The Hall–Kier alpha value is -13.0. The van der Waals surface area contributed by atoms with Gasteiger partial charge in [-0.2, -0.15) is 0 Å². The number of ether oxygens (including phenoxy) is 7. The van der Waals surface area contributed by atoms with E-state index in [1.807, 2.05) is 247 Å². The molecule has 0 unspecified atom stereocenters. The van der Waals surface area contributed by atoms with E-state index in [-0.39, 0.29) is 5.56 Å². The summed E-state index contributed by atoms with van der Waals surface area (Å²) < 4.78 is 45.8. The van der Waals surface area contributed by atoms with E-state index in [9.17, 15) is 34.5 Å². The summed E-state index contributed by atoms with van der Waals surface area (Å²) in [5.74, 6) is 0.602. The number of aliphatic carboxylic acids is 3. The molecular weight excluding hydrogens is 1480 g/mol. The highest BCUT2D eigenvalue weighted by molar-refractivity contribution is 6.12. The van der Waals surface area contributed by atoms with E-state index in [1.54, 1.807) is 39.8 Å². The number of benzene rings is 8. The van der Waals surface area contributed by atoms with Crippen molar-refractivity contribution in [2.45, 2.75) is 144 Å². The van der Waals surface area contributed by atoms with Gasteiger partial charge in [0, 0.05) is 116 Å². The molecule has 7 aromatic heterocycles. The van der Waals surface area contributed by atoms with Crippen molar-refractivity contribution in [3.63, 3.8) is 0 Å². The van der Waals surface area contributed by atoms with Crippen LogP contribution in [0, 0.1) is 20.8 Å². The molecule has 8 aromatic carbocycles. The van der Waals surface area contributed by atoms with Crippen molar-refractivity contribution in [1.29, 1.82) is 0 Å². The van der Waals surface area contributed by atoms with Gasteiger partial charge >= 0.3 is 17.9 Å². The normalized spacial score (nSPS) is 13.9. The minimum Gasteiger partial charge on any atom is -0.493 e. The van der Waals surface area contributed by atoms with Crippen LogP contribution in [-0.2, 0) is 54.4 Å². The Morgan fingerprint density at radius 1 is 0.453 bits per heavy atom. The predicted octanol–water partition coefficient (Wildman–Crippen LogP) is 19.2. The van der Waals surface area contributed by atoms with Crippen LogP contribution in [0.15, 0.2) is 200 Å². The first kappa shape index (κ1) is 77.9. The fourth-order valence-electron chi connectivity index (χ4n) is 16.4. The fourth-order valence-corrected chi connectivity index (χ4v) is 16.4. The molecule has 3 aliphatic heterocycles. The van der Waals surface area contributed by atoms with Gasteiger partial charge < -0.3 is 53.0 Å². The molecule has 0 radical (unpaired) electrons. The average Bonchev–Trinajstić information content (AvgIpc) is 1.15. The van der Waals surface area contributed by atoms with Crippen molar-refractivity contribution in [2.24, 2.45) is 0 Å². The minimum absolute atomic E-state index is 0.172. The second kappa shape index (κ2) is 31.0. The maximum Gasteiger partial charge on any atom is 0.337 e. The molecule has 10 heterocycles. The summed E-state index contributed by atoms with van der Waals surface area (Å²) in [6.07, 6.45) is 7.60. The van der Waals surface area contributed by atoms with E-state index in [4.69, 9.17) is 48.1 Å². The molecule has 18 rings (SSSR count). The molecule has 0 bridgehead atoms. The number of carboxylic acid groups (broad SMARTS) is 3. The van der Waals surface area contributed by atoms with E-state index < -0.39 is 53.0 Å². The number of aryl methyl sites for hydroxylation is 3. The molecule has 15 aromatic rings. The molecule has 22 heteroatoms. The van der Waals surface area contributed by atoms with Crippen molar-refractivity contribution in [2.75, 3.05) is 19.8 Å². The molecule has 0 aliphatic carbocycles. The number of para-hydroxylation sites is 1. The number of nitrogens with zero attached hydrogens (tertiary/aromatic N) is 8. The lowest BCUT2D eigenvalue weighted by molar-refractivity contribution is -0.161. The van der Waals surface area contributed by atoms with Crippen LogP contribution in [0.25, 0.3) is 104 Å². The van der Waals surface area contributed by atoms with E-state index in [0.29, 0.717) is 71.0 Å². The number of carboxylic acids is 3. The second-order valence-electron chi connectivity index (χ2n) is 32.7. The molecule has 0 spiro atoms. The van der Waals surface area contributed by atoms with Crippen LogP contribution < -0.4 is 24.5 Å². The third-order valence-electron chi connectivity index (χ3n) is 21.1. The van der Waals surface area contributed by atoms with Gasteiger partial charge in [-0.1, -0.05) is 41.6 Å². The molecule has 592 valence electrons. The molecule has 0 amide bonds. The number of hydrogen-bond acceptors (Lipinski definition) is 17. The Kier molecular flexibility index (Phi) is 20.6. The summed E-state index contributed by atoms with van der Waals surface area (Å²) in [6.45, 7) is 24.5. The zero-order chi connectivity index (χ0) is 82.1. The second-order valence-corrected chi connectivity index (χ2v) is 32.7. The lowest BCUT2D eigenvalue weighted by Crippen LogP contribution is -2.28. The minimum atomic E-state index is -1.27. The molecule has 3 N–H and O–H groups in total.